The minimum absolute atomic E-state index is 0.292. The number of nitrogens with one attached hydrogen (secondary N) is 1. The first-order valence-electron chi connectivity index (χ1n) is 11.2. The van der Waals surface area contributed by atoms with E-state index in [4.69, 9.17) is 20.3 Å². The average Bonchev–Trinajstić information content (AvgIpc) is 3.18. The third-order valence-electron chi connectivity index (χ3n) is 6.04. The molecule has 1 saturated heterocycles. The molecule has 1 aromatic carbocycles. The second-order valence-electron chi connectivity index (χ2n) is 8.27. The smallest absolute Gasteiger partial charge is 0.248 e. The number of pyridine rings is 1. The molecule has 0 radical (unpaired) electrons. The molecule has 2 aromatic heterocycles. The zero-order valence-corrected chi connectivity index (χ0v) is 17.9. The maximum atomic E-state index is 11.5. The molecule has 1 fully saturated rings. The van der Waals surface area contributed by atoms with E-state index in [0.29, 0.717) is 23.2 Å². The number of ether oxygens (including phenoxy) is 2. The number of carbonyl (C=O) groups excluding carboxylic acids is 1. The van der Waals surface area contributed by atoms with Gasteiger partial charge in [-0.2, -0.15) is 5.10 Å². The number of amides is 1. The van der Waals surface area contributed by atoms with Gasteiger partial charge in [-0.05, 0) is 62.8 Å². The van der Waals surface area contributed by atoms with Crippen LogP contribution >= 0.6 is 0 Å². The number of hydrogen-bond acceptors (Lipinski definition) is 6. The fraction of sp³-hybridized carbons (Fsp3) is 0.375. The van der Waals surface area contributed by atoms with Crippen LogP contribution in [0.5, 0.6) is 11.6 Å². The Morgan fingerprint density at radius 3 is 2.84 bits per heavy atom. The van der Waals surface area contributed by atoms with Gasteiger partial charge in [0.15, 0.2) is 0 Å². The lowest BCUT2D eigenvalue weighted by Crippen LogP contribution is -2.21. The van der Waals surface area contributed by atoms with Crippen molar-refractivity contribution in [2.24, 2.45) is 5.73 Å². The molecule has 0 spiro atoms. The van der Waals surface area contributed by atoms with Crippen LogP contribution < -0.4 is 15.8 Å². The zero-order valence-electron chi connectivity index (χ0n) is 17.9. The Morgan fingerprint density at radius 2 is 2.00 bits per heavy atom. The van der Waals surface area contributed by atoms with Crippen LogP contribution in [0, 0.1) is 0 Å². The minimum atomic E-state index is -0.468. The summed E-state index contributed by atoms with van der Waals surface area (Å²) in [6.45, 7) is 1.50. The Kier molecular flexibility index (Phi) is 5.77. The molecule has 8 heteroatoms. The predicted molar refractivity (Wildman–Crippen MR) is 121 cm³/mol. The number of primary amides is 1. The van der Waals surface area contributed by atoms with Gasteiger partial charge in [0.05, 0.1) is 11.7 Å². The minimum Gasteiger partial charge on any atom is -0.439 e. The van der Waals surface area contributed by atoms with Crippen molar-refractivity contribution in [2.45, 2.75) is 44.6 Å². The quantitative estimate of drug-likeness (QED) is 0.605. The molecule has 0 atom stereocenters. The first kappa shape index (κ1) is 20.5. The topological polar surface area (TPSA) is 104 Å². The summed E-state index contributed by atoms with van der Waals surface area (Å²) in [4.78, 5) is 15.9. The summed E-state index contributed by atoms with van der Waals surface area (Å²) in [6.07, 6.45) is 7.90. The van der Waals surface area contributed by atoms with Crippen molar-refractivity contribution in [1.29, 1.82) is 0 Å². The number of nitrogens with two attached hydrogens (primary N) is 1. The highest BCUT2D eigenvalue weighted by Gasteiger charge is 2.27. The van der Waals surface area contributed by atoms with E-state index >= 15 is 0 Å². The lowest BCUT2D eigenvalue weighted by atomic mass is 9.98. The second-order valence-corrected chi connectivity index (χ2v) is 8.27. The Bertz CT molecular complexity index is 1120. The third-order valence-corrected chi connectivity index (χ3v) is 6.04. The van der Waals surface area contributed by atoms with Crippen LogP contribution in [0.25, 0.3) is 0 Å². The number of carbonyl (C=O) groups is 1. The molecule has 1 amide bonds. The molecule has 0 unspecified atom stereocenters. The highest BCUT2D eigenvalue weighted by Crippen LogP contribution is 2.37. The average molecular weight is 434 g/mol. The maximum absolute atomic E-state index is 11.5. The summed E-state index contributed by atoms with van der Waals surface area (Å²) < 4.78 is 14.1. The SMILES string of the molecule is NC(=O)c1cccc(Nc2cc(Oc3c4c(nn3C3CCOCC3)CCCC4)ccn2)c1. The first-order valence-corrected chi connectivity index (χ1v) is 11.2. The summed E-state index contributed by atoms with van der Waals surface area (Å²) >= 11 is 0. The number of aromatic nitrogens is 3. The van der Waals surface area contributed by atoms with Crippen LogP contribution in [0.1, 0.15) is 53.3 Å². The van der Waals surface area contributed by atoms with Gasteiger partial charge in [-0.15, -0.1) is 0 Å². The molecule has 3 heterocycles. The van der Waals surface area contributed by atoms with Crippen molar-refractivity contribution < 1.29 is 14.3 Å². The van der Waals surface area contributed by atoms with Gasteiger partial charge in [-0.3, -0.25) is 4.79 Å². The van der Waals surface area contributed by atoms with E-state index in [9.17, 15) is 4.79 Å². The lowest BCUT2D eigenvalue weighted by molar-refractivity contribution is 0.0641. The number of fused-ring (bicyclic) bond motifs is 1. The highest BCUT2D eigenvalue weighted by atomic mass is 16.5. The van der Waals surface area contributed by atoms with Gasteiger partial charge in [0, 0.05) is 42.3 Å². The number of aryl methyl sites for hydroxylation is 1. The first-order chi connectivity index (χ1) is 15.7. The van der Waals surface area contributed by atoms with Crippen LogP contribution in [0.4, 0.5) is 11.5 Å². The largest absolute Gasteiger partial charge is 0.439 e. The lowest BCUT2D eigenvalue weighted by Gasteiger charge is -2.24. The molecular formula is C24H27N5O3. The second kappa shape index (κ2) is 9.00. The van der Waals surface area contributed by atoms with Crippen LogP contribution in [0.2, 0.25) is 0 Å². The fourth-order valence-corrected chi connectivity index (χ4v) is 4.38. The van der Waals surface area contributed by atoms with E-state index in [0.717, 1.165) is 62.6 Å². The molecule has 32 heavy (non-hydrogen) atoms. The standard InChI is InChI=1S/C24H27N5O3/c25-23(30)16-4-3-5-17(14-16)27-22-15-19(8-11-26-22)32-24-20-6-1-2-7-21(20)28-29(24)18-9-12-31-13-10-18/h3-5,8,11,14-15,18H,1-2,6-7,9-10,12-13H2,(H2,25,30)(H,26,27). The van der Waals surface area contributed by atoms with Gasteiger partial charge in [0.1, 0.15) is 11.6 Å². The van der Waals surface area contributed by atoms with Crippen LogP contribution in [0.15, 0.2) is 42.6 Å². The number of anilines is 2. The van der Waals surface area contributed by atoms with Crippen LogP contribution in [-0.2, 0) is 17.6 Å². The normalized spacial score (nSPS) is 16.4. The van der Waals surface area contributed by atoms with E-state index in [1.165, 1.54) is 12.0 Å². The molecule has 3 aromatic rings. The Hall–Kier alpha value is -3.39. The van der Waals surface area contributed by atoms with Gasteiger partial charge in [-0.25, -0.2) is 9.67 Å². The predicted octanol–water partition coefficient (Wildman–Crippen LogP) is 4.14. The van der Waals surface area contributed by atoms with E-state index in [1.807, 2.05) is 18.2 Å². The van der Waals surface area contributed by atoms with E-state index in [-0.39, 0.29) is 0 Å². The van der Waals surface area contributed by atoms with E-state index in [2.05, 4.69) is 15.0 Å². The highest BCUT2D eigenvalue weighted by molar-refractivity contribution is 5.93. The zero-order chi connectivity index (χ0) is 21.9. The summed E-state index contributed by atoms with van der Waals surface area (Å²) in [7, 11) is 0. The molecule has 166 valence electrons. The van der Waals surface area contributed by atoms with Gasteiger partial charge in [0.2, 0.25) is 11.8 Å². The molecule has 3 N–H and O–H groups in total. The third kappa shape index (κ3) is 4.31. The van der Waals surface area contributed by atoms with Crippen molar-refractivity contribution >= 4 is 17.4 Å². The van der Waals surface area contributed by atoms with Crippen molar-refractivity contribution in [1.82, 2.24) is 14.8 Å². The molecular weight excluding hydrogens is 406 g/mol. The molecule has 1 aliphatic carbocycles. The van der Waals surface area contributed by atoms with Crippen molar-refractivity contribution in [3.8, 4) is 11.6 Å². The number of rotatable bonds is 6. The van der Waals surface area contributed by atoms with Crippen LogP contribution in [-0.4, -0.2) is 33.9 Å². The molecule has 0 bridgehead atoms. The summed E-state index contributed by atoms with van der Waals surface area (Å²) in [5, 5.41) is 8.17. The molecule has 1 aliphatic heterocycles. The Balaban J connectivity index is 1.41. The Morgan fingerprint density at radius 1 is 1.16 bits per heavy atom. The van der Waals surface area contributed by atoms with Crippen molar-refractivity contribution in [2.75, 3.05) is 18.5 Å². The maximum Gasteiger partial charge on any atom is 0.248 e. The summed E-state index contributed by atoms with van der Waals surface area (Å²) in [6, 6.07) is 11.0. The number of benzene rings is 1. The monoisotopic (exact) mass is 433 g/mol. The molecule has 5 rings (SSSR count). The van der Waals surface area contributed by atoms with E-state index < -0.39 is 5.91 Å². The number of hydrogen-bond donors (Lipinski definition) is 2. The fourth-order valence-electron chi connectivity index (χ4n) is 4.38. The van der Waals surface area contributed by atoms with Gasteiger partial charge >= 0.3 is 0 Å². The number of nitrogens with zero attached hydrogens (tertiary/aromatic N) is 3. The van der Waals surface area contributed by atoms with Crippen molar-refractivity contribution in [3.05, 3.63) is 59.4 Å². The van der Waals surface area contributed by atoms with E-state index in [1.54, 1.807) is 24.4 Å². The molecule has 0 saturated carbocycles. The molecule has 8 nitrogen and oxygen atoms in total. The molecule has 2 aliphatic rings. The van der Waals surface area contributed by atoms with Gasteiger partial charge in [-0.1, -0.05) is 6.07 Å². The Labute approximate surface area is 186 Å². The van der Waals surface area contributed by atoms with Gasteiger partial charge in [0.25, 0.3) is 0 Å². The summed E-state index contributed by atoms with van der Waals surface area (Å²) in [5.74, 6) is 1.69. The summed E-state index contributed by atoms with van der Waals surface area (Å²) in [5.41, 5.74) is 8.95. The van der Waals surface area contributed by atoms with Gasteiger partial charge < -0.3 is 20.5 Å². The van der Waals surface area contributed by atoms with Crippen LogP contribution in [0.3, 0.4) is 0 Å². The van der Waals surface area contributed by atoms with Crippen molar-refractivity contribution in [3.63, 3.8) is 0 Å².